The molecule has 4 nitrogen and oxygen atoms in total. The first-order valence-electron chi connectivity index (χ1n) is 15.0. The van der Waals surface area contributed by atoms with Crippen molar-refractivity contribution in [2.75, 3.05) is 11.4 Å². The Morgan fingerprint density at radius 2 is 1.78 bits per heavy atom. The van der Waals surface area contributed by atoms with Crippen molar-refractivity contribution in [3.05, 3.63) is 29.8 Å². The van der Waals surface area contributed by atoms with Crippen molar-refractivity contribution in [3.63, 3.8) is 0 Å². The first-order valence-corrected chi connectivity index (χ1v) is 15.0. The van der Waals surface area contributed by atoms with Gasteiger partial charge in [-0.05, 0) is 122 Å². The Morgan fingerprint density at radius 1 is 1.03 bits per heavy atom. The van der Waals surface area contributed by atoms with Gasteiger partial charge in [0.25, 0.3) is 0 Å². The molecule has 4 saturated carbocycles. The van der Waals surface area contributed by atoms with Gasteiger partial charge in [-0.3, -0.25) is 4.79 Å². The van der Waals surface area contributed by atoms with E-state index >= 15 is 0 Å². The quantitative estimate of drug-likeness (QED) is 0.542. The molecule has 4 heteroatoms. The zero-order valence-corrected chi connectivity index (χ0v) is 22.7. The van der Waals surface area contributed by atoms with E-state index in [-0.39, 0.29) is 28.9 Å². The van der Waals surface area contributed by atoms with Crippen LogP contribution in [0.1, 0.15) is 90.5 Å². The summed E-state index contributed by atoms with van der Waals surface area (Å²) in [6, 6.07) is 8.36. The zero-order valence-electron chi connectivity index (χ0n) is 22.7. The van der Waals surface area contributed by atoms with E-state index in [0.717, 1.165) is 50.8 Å². The maximum absolute atomic E-state index is 13.2. The minimum atomic E-state index is -0.214. The van der Waals surface area contributed by atoms with E-state index in [4.69, 9.17) is 0 Å². The fraction of sp³-hybridized carbons (Fsp3) is 0.781. The van der Waals surface area contributed by atoms with Gasteiger partial charge < -0.3 is 15.1 Å². The highest BCUT2D eigenvalue weighted by atomic mass is 16.3. The molecule has 0 spiro atoms. The smallest absolute Gasteiger partial charge is 0.227 e. The van der Waals surface area contributed by atoms with Crippen LogP contribution >= 0.6 is 0 Å². The van der Waals surface area contributed by atoms with Crippen molar-refractivity contribution >= 4 is 11.6 Å². The third kappa shape index (κ3) is 3.80. The second-order valence-electron chi connectivity index (χ2n) is 13.9. The monoisotopic (exact) mass is 493 g/mol. The van der Waals surface area contributed by atoms with Gasteiger partial charge in [-0.1, -0.05) is 39.0 Å². The largest absolute Gasteiger partial charge is 0.393 e. The molecular formula is C32H47NO3. The molecule has 198 valence electrons. The van der Waals surface area contributed by atoms with Gasteiger partial charge in [0.05, 0.1) is 12.2 Å². The number of aliphatic hydroxyl groups is 2. The zero-order chi connectivity index (χ0) is 25.2. The normalized spacial score (nSPS) is 44.4. The van der Waals surface area contributed by atoms with Crippen LogP contribution in [0.2, 0.25) is 0 Å². The number of benzene rings is 1. The highest BCUT2D eigenvalue weighted by Crippen LogP contribution is 2.68. The van der Waals surface area contributed by atoms with Gasteiger partial charge in [-0.25, -0.2) is 0 Å². The predicted molar refractivity (Wildman–Crippen MR) is 144 cm³/mol. The van der Waals surface area contributed by atoms with E-state index in [1.54, 1.807) is 0 Å². The molecule has 4 aliphatic carbocycles. The first kappa shape index (κ1) is 24.9. The van der Waals surface area contributed by atoms with E-state index in [2.05, 4.69) is 39.0 Å². The molecule has 1 heterocycles. The maximum Gasteiger partial charge on any atom is 0.227 e. The Bertz CT molecular complexity index is 993. The van der Waals surface area contributed by atoms with Crippen molar-refractivity contribution in [3.8, 4) is 0 Å². The Kier molecular flexibility index (Phi) is 6.31. The number of anilines is 1. The summed E-state index contributed by atoms with van der Waals surface area (Å²) < 4.78 is 0. The number of carbonyl (C=O) groups is 1. The Hall–Kier alpha value is -1.39. The van der Waals surface area contributed by atoms with Crippen molar-refractivity contribution in [1.29, 1.82) is 0 Å². The lowest BCUT2D eigenvalue weighted by Gasteiger charge is -2.62. The Morgan fingerprint density at radius 3 is 2.61 bits per heavy atom. The number of fused-ring (bicyclic) bond motifs is 6. The lowest BCUT2D eigenvalue weighted by atomic mass is 9.43. The van der Waals surface area contributed by atoms with Crippen LogP contribution in [-0.4, -0.2) is 34.9 Å². The Labute approximate surface area is 217 Å². The summed E-state index contributed by atoms with van der Waals surface area (Å²) >= 11 is 0. The van der Waals surface area contributed by atoms with Gasteiger partial charge in [-0.15, -0.1) is 0 Å². The van der Waals surface area contributed by atoms with Crippen LogP contribution < -0.4 is 4.90 Å². The van der Waals surface area contributed by atoms with Gasteiger partial charge in [0.2, 0.25) is 5.91 Å². The average Bonchev–Trinajstić information content (AvgIpc) is 3.44. The van der Waals surface area contributed by atoms with Crippen LogP contribution in [-0.2, 0) is 11.2 Å². The number of nitrogens with zero attached hydrogens (tertiary/aromatic N) is 1. The molecule has 1 aromatic rings. The number of rotatable bonds is 4. The molecule has 0 radical (unpaired) electrons. The third-order valence-corrected chi connectivity index (χ3v) is 12.4. The van der Waals surface area contributed by atoms with Crippen LogP contribution in [0, 0.1) is 46.3 Å². The molecule has 36 heavy (non-hydrogen) atoms. The van der Waals surface area contributed by atoms with Gasteiger partial charge in [-0.2, -0.15) is 0 Å². The van der Waals surface area contributed by atoms with Crippen LogP contribution in [0.3, 0.4) is 0 Å². The van der Waals surface area contributed by atoms with Crippen molar-refractivity contribution in [2.24, 2.45) is 46.3 Å². The summed E-state index contributed by atoms with van der Waals surface area (Å²) in [5.41, 5.74) is 2.99. The van der Waals surface area contributed by atoms with Gasteiger partial charge in [0.15, 0.2) is 0 Å². The maximum atomic E-state index is 13.2. The second kappa shape index (κ2) is 9.12. The third-order valence-electron chi connectivity index (χ3n) is 12.4. The molecule has 10 atom stereocenters. The van der Waals surface area contributed by atoms with Crippen molar-refractivity contribution in [2.45, 2.75) is 104 Å². The highest BCUT2D eigenvalue weighted by molar-refractivity contribution is 5.95. The fourth-order valence-corrected chi connectivity index (χ4v) is 10.5. The number of carbonyl (C=O) groups excluding carboxylic acids is 1. The summed E-state index contributed by atoms with van der Waals surface area (Å²) in [5.74, 6) is 3.56. The second-order valence-corrected chi connectivity index (χ2v) is 13.9. The molecule has 1 amide bonds. The predicted octanol–water partition coefficient (Wildman–Crippen LogP) is 5.98. The summed E-state index contributed by atoms with van der Waals surface area (Å²) in [7, 11) is 0. The number of para-hydroxylation sites is 1. The summed E-state index contributed by atoms with van der Waals surface area (Å²) in [5, 5.41) is 21.8. The molecule has 0 saturated heterocycles. The minimum absolute atomic E-state index is 0.172. The van der Waals surface area contributed by atoms with Gasteiger partial charge in [0, 0.05) is 18.7 Å². The van der Waals surface area contributed by atoms with E-state index in [0.29, 0.717) is 41.9 Å². The van der Waals surface area contributed by atoms with Gasteiger partial charge >= 0.3 is 0 Å². The minimum Gasteiger partial charge on any atom is -0.393 e. The van der Waals surface area contributed by atoms with Crippen LogP contribution in [0.4, 0.5) is 5.69 Å². The topological polar surface area (TPSA) is 60.8 Å². The van der Waals surface area contributed by atoms with Crippen LogP contribution in [0.5, 0.6) is 0 Å². The molecule has 1 aromatic carbocycles. The Balaban J connectivity index is 1.13. The molecule has 0 aromatic heterocycles. The average molecular weight is 494 g/mol. The molecule has 4 fully saturated rings. The number of hydrogen-bond donors (Lipinski definition) is 2. The van der Waals surface area contributed by atoms with Crippen molar-refractivity contribution in [1.82, 2.24) is 0 Å². The SMILES string of the molecule is C[C@H](CCC(=O)N1CCc2ccccc21)[C@H]1CC[C@H]2[C@@H]3[C@@H](O)C[C@@H]4C[C@H](O)CC[C@]4(C)[C@H]3CC[C@]12C. The molecule has 2 N–H and O–H groups in total. The molecule has 0 unspecified atom stereocenters. The lowest BCUT2D eigenvalue weighted by molar-refractivity contribution is -0.174. The van der Waals surface area contributed by atoms with Crippen LogP contribution in [0.25, 0.3) is 0 Å². The fourth-order valence-electron chi connectivity index (χ4n) is 10.5. The van der Waals surface area contributed by atoms with E-state index in [9.17, 15) is 15.0 Å². The number of amides is 1. The molecule has 5 aliphatic rings. The molecular weight excluding hydrogens is 446 g/mol. The number of aliphatic hydroxyl groups excluding tert-OH is 2. The molecule has 6 rings (SSSR count). The summed E-state index contributed by atoms with van der Waals surface area (Å²) in [4.78, 5) is 15.2. The lowest BCUT2D eigenvalue weighted by Crippen LogP contribution is -2.58. The van der Waals surface area contributed by atoms with Crippen LogP contribution in [0.15, 0.2) is 24.3 Å². The first-order chi connectivity index (χ1) is 17.2. The molecule has 0 bridgehead atoms. The summed E-state index contributed by atoms with van der Waals surface area (Å²) in [6.07, 6.45) is 11.0. The van der Waals surface area contributed by atoms with E-state index < -0.39 is 0 Å². The highest BCUT2D eigenvalue weighted by Gasteiger charge is 2.62. The van der Waals surface area contributed by atoms with Gasteiger partial charge in [0.1, 0.15) is 0 Å². The van der Waals surface area contributed by atoms with Crippen molar-refractivity contribution < 1.29 is 15.0 Å². The van der Waals surface area contributed by atoms with E-state index in [1.165, 1.54) is 31.2 Å². The number of hydrogen-bond acceptors (Lipinski definition) is 3. The summed E-state index contributed by atoms with van der Waals surface area (Å²) in [6.45, 7) is 8.25. The van der Waals surface area contributed by atoms with E-state index in [1.807, 2.05) is 11.0 Å². The molecule has 1 aliphatic heterocycles. The standard InChI is InChI=1S/C32H47NO3/c1-20(8-11-29(36)33-17-14-21-6-4-5-7-27(21)33)24-9-10-25-30-26(13-16-32(24,25)3)31(2)15-12-23(34)18-22(31)19-28(30)35/h4-7,20,22-26,28,30,34-35H,8-19H2,1-3H3/t20-,22+,23-,24-,25+,26+,28+,30+,31+,32-/m1/s1.